The lowest BCUT2D eigenvalue weighted by atomic mass is 10.2. The smallest absolute Gasteiger partial charge is 0.407 e. The monoisotopic (exact) mass is 487 g/mol. The number of nitrogen functional groups attached to an aromatic ring is 1. The van der Waals surface area contributed by atoms with Gasteiger partial charge < -0.3 is 36.9 Å². The lowest BCUT2D eigenvalue weighted by Gasteiger charge is -2.19. The summed E-state index contributed by atoms with van der Waals surface area (Å²) in [7, 11) is 0. The van der Waals surface area contributed by atoms with Crippen molar-refractivity contribution in [3.8, 4) is 0 Å². The van der Waals surface area contributed by atoms with E-state index in [0.717, 1.165) is 11.1 Å². The molecule has 0 unspecified atom stereocenters. The molecule has 0 atom stereocenters. The highest BCUT2D eigenvalue weighted by molar-refractivity contribution is 5.87. The van der Waals surface area contributed by atoms with Crippen molar-refractivity contribution in [3.05, 3.63) is 59.7 Å². The molecule has 35 heavy (non-hydrogen) atoms. The number of carbonyl (C=O) groups excluding carboxylic acids is 3. The Balaban J connectivity index is 0.000000355. The Kier molecular flexibility index (Phi) is 10.9. The molecule has 4 amide bonds. The van der Waals surface area contributed by atoms with Gasteiger partial charge >= 0.3 is 18.2 Å². The number of alkyl carbamates (subject to hydrolysis) is 2. The second-order valence-electron chi connectivity index (χ2n) is 9.64. The zero-order valence-electron chi connectivity index (χ0n) is 21.2. The van der Waals surface area contributed by atoms with E-state index in [4.69, 9.17) is 20.9 Å². The van der Waals surface area contributed by atoms with Crippen molar-refractivity contribution in [2.24, 2.45) is 5.73 Å². The van der Waals surface area contributed by atoms with Gasteiger partial charge in [-0.25, -0.2) is 14.4 Å². The molecular weight excluding hydrogens is 450 g/mol. The number of carbonyl (C=O) groups is 3. The summed E-state index contributed by atoms with van der Waals surface area (Å²) in [5.74, 6) is 0. The number of anilines is 2. The van der Waals surface area contributed by atoms with Gasteiger partial charge in [0.25, 0.3) is 0 Å². The molecule has 7 N–H and O–H groups in total. The average Bonchev–Trinajstić information content (AvgIpc) is 2.70. The zero-order valence-corrected chi connectivity index (χ0v) is 21.2. The summed E-state index contributed by atoms with van der Waals surface area (Å²) in [6.07, 6.45) is -0.879. The van der Waals surface area contributed by atoms with E-state index in [-0.39, 0.29) is 0 Å². The van der Waals surface area contributed by atoms with Crippen LogP contribution in [-0.4, -0.2) is 29.4 Å². The maximum absolute atomic E-state index is 11.4. The number of ether oxygens (including phenoxy) is 2. The molecule has 0 radical (unpaired) electrons. The number of urea groups is 1. The molecule has 192 valence electrons. The molecule has 0 saturated heterocycles. The van der Waals surface area contributed by atoms with Gasteiger partial charge in [0.05, 0.1) is 0 Å². The van der Waals surface area contributed by atoms with Crippen LogP contribution < -0.4 is 27.4 Å². The lowest BCUT2D eigenvalue weighted by Crippen LogP contribution is -2.32. The van der Waals surface area contributed by atoms with Crippen LogP contribution in [0.5, 0.6) is 0 Å². The van der Waals surface area contributed by atoms with E-state index in [0.29, 0.717) is 24.5 Å². The van der Waals surface area contributed by atoms with Gasteiger partial charge in [-0.2, -0.15) is 0 Å². The van der Waals surface area contributed by atoms with Crippen LogP contribution in [0.15, 0.2) is 48.5 Å². The molecule has 10 nitrogen and oxygen atoms in total. The molecule has 0 aromatic heterocycles. The summed E-state index contributed by atoms with van der Waals surface area (Å²) >= 11 is 0. The Morgan fingerprint density at radius 1 is 0.714 bits per heavy atom. The first-order valence-corrected chi connectivity index (χ1v) is 11.1. The molecule has 0 aliphatic heterocycles. The average molecular weight is 488 g/mol. The number of nitrogens with two attached hydrogens (primary N) is 2. The Bertz CT molecular complexity index is 962. The van der Waals surface area contributed by atoms with E-state index in [1.165, 1.54) is 0 Å². The van der Waals surface area contributed by atoms with Crippen LogP contribution >= 0.6 is 0 Å². The molecule has 2 rings (SSSR count). The van der Waals surface area contributed by atoms with E-state index in [2.05, 4.69) is 16.0 Å². The maximum atomic E-state index is 11.4. The Hall–Kier alpha value is -3.95. The minimum atomic E-state index is -0.611. The summed E-state index contributed by atoms with van der Waals surface area (Å²) in [6.45, 7) is 11.7. The number of nitrogens with one attached hydrogen (secondary N) is 3. The Morgan fingerprint density at radius 3 is 1.43 bits per heavy atom. The number of hydrogen-bond acceptors (Lipinski definition) is 6. The highest BCUT2D eigenvalue weighted by Gasteiger charge is 2.16. The van der Waals surface area contributed by atoms with Crippen molar-refractivity contribution in [2.45, 2.75) is 65.8 Å². The summed E-state index contributed by atoms with van der Waals surface area (Å²) in [4.78, 5) is 33.4. The van der Waals surface area contributed by atoms with Crippen LogP contribution in [0.4, 0.5) is 25.8 Å². The van der Waals surface area contributed by atoms with Gasteiger partial charge in [0.15, 0.2) is 0 Å². The summed E-state index contributed by atoms with van der Waals surface area (Å²) in [5.41, 5.74) is 12.8. The van der Waals surface area contributed by atoms with E-state index in [1.807, 2.05) is 32.9 Å². The third-order valence-electron chi connectivity index (χ3n) is 3.87. The lowest BCUT2D eigenvalue weighted by molar-refractivity contribution is 0.0512. The van der Waals surface area contributed by atoms with Gasteiger partial charge in [-0.1, -0.05) is 24.3 Å². The standard InChI is InChI=1S/C13H19N3O3.C12H18N2O2/c1-13(2,3)19-12(18)15-8-9-4-6-10(7-5-9)16-11(14)17;1-12(2,3)16-11(15)14-8-9-4-6-10(13)7-5-9/h4-7H,8H2,1-3H3,(H,15,18)(H3,14,16,17);4-7H,8,13H2,1-3H3,(H,14,15). The number of hydrogen-bond donors (Lipinski definition) is 5. The molecule has 0 aliphatic rings. The minimum Gasteiger partial charge on any atom is -0.444 e. The second-order valence-corrected chi connectivity index (χ2v) is 9.64. The van der Waals surface area contributed by atoms with Crippen molar-refractivity contribution in [3.63, 3.8) is 0 Å². The number of rotatable bonds is 5. The van der Waals surface area contributed by atoms with Gasteiger partial charge in [-0.15, -0.1) is 0 Å². The first-order valence-electron chi connectivity index (χ1n) is 11.1. The van der Waals surface area contributed by atoms with Crippen molar-refractivity contribution in [1.82, 2.24) is 10.6 Å². The molecule has 2 aromatic rings. The van der Waals surface area contributed by atoms with E-state index in [1.54, 1.807) is 57.2 Å². The van der Waals surface area contributed by atoms with Crippen LogP contribution in [-0.2, 0) is 22.6 Å². The highest BCUT2D eigenvalue weighted by Crippen LogP contribution is 2.11. The predicted molar refractivity (Wildman–Crippen MR) is 137 cm³/mol. The molecule has 0 fully saturated rings. The van der Waals surface area contributed by atoms with Crippen LogP contribution in [0.1, 0.15) is 52.7 Å². The van der Waals surface area contributed by atoms with Crippen molar-refractivity contribution >= 4 is 29.6 Å². The van der Waals surface area contributed by atoms with Gasteiger partial charge in [0, 0.05) is 24.5 Å². The van der Waals surface area contributed by atoms with Gasteiger partial charge in [0.1, 0.15) is 11.2 Å². The largest absolute Gasteiger partial charge is 0.444 e. The summed E-state index contributed by atoms with van der Waals surface area (Å²) in [6, 6.07) is 13.7. The van der Waals surface area contributed by atoms with E-state index < -0.39 is 29.4 Å². The number of amides is 4. The van der Waals surface area contributed by atoms with Gasteiger partial charge in [-0.3, -0.25) is 0 Å². The normalized spacial score (nSPS) is 10.8. The molecule has 0 heterocycles. The summed E-state index contributed by atoms with van der Waals surface area (Å²) in [5, 5.41) is 7.77. The number of benzene rings is 2. The van der Waals surface area contributed by atoms with Crippen LogP contribution in [0.25, 0.3) is 0 Å². The van der Waals surface area contributed by atoms with Crippen LogP contribution in [0.2, 0.25) is 0 Å². The second kappa shape index (κ2) is 13.1. The zero-order chi connectivity index (χ0) is 26.6. The highest BCUT2D eigenvalue weighted by atomic mass is 16.6. The van der Waals surface area contributed by atoms with Crippen LogP contribution in [0, 0.1) is 0 Å². The fourth-order valence-electron chi connectivity index (χ4n) is 2.46. The van der Waals surface area contributed by atoms with E-state index in [9.17, 15) is 14.4 Å². The minimum absolute atomic E-state index is 0.353. The first-order chi connectivity index (χ1) is 16.1. The molecule has 10 heteroatoms. The van der Waals surface area contributed by atoms with Crippen molar-refractivity contribution < 1.29 is 23.9 Å². The van der Waals surface area contributed by atoms with Gasteiger partial charge in [-0.05, 0) is 76.9 Å². The fourth-order valence-corrected chi connectivity index (χ4v) is 2.46. The maximum Gasteiger partial charge on any atom is 0.407 e. The Labute approximate surface area is 206 Å². The topological polar surface area (TPSA) is 158 Å². The first kappa shape index (κ1) is 29.1. The van der Waals surface area contributed by atoms with Crippen LogP contribution in [0.3, 0.4) is 0 Å². The summed E-state index contributed by atoms with van der Waals surface area (Å²) < 4.78 is 10.2. The third kappa shape index (κ3) is 14.7. The molecular formula is C25H37N5O5. The molecule has 0 spiro atoms. The van der Waals surface area contributed by atoms with Gasteiger partial charge in [0.2, 0.25) is 0 Å². The quantitative estimate of drug-likeness (QED) is 0.391. The molecule has 0 aliphatic carbocycles. The Morgan fingerprint density at radius 2 is 1.09 bits per heavy atom. The van der Waals surface area contributed by atoms with Crippen molar-refractivity contribution in [2.75, 3.05) is 11.1 Å². The molecule has 2 aromatic carbocycles. The third-order valence-corrected chi connectivity index (χ3v) is 3.87. The van der Waals surface area contributed by atoms with E-state index >= 15 is 0 Å². The number of primary amides is 1. The SMILES string of the molecule is CC(C)(C)OC(=O)NCc1ccc(N)cc1.CC(C)(C)OC(=O)NCc1ccc(NC(N)=O)cc1. The fraction of sp³-hybridized carbons (Fsp3) is 0.400. The predicted octanol–water partition coefficient (Wildman–Crippen LogP) is 4.50. The van der Waals surface area contributed by atoms with Crippen molar-refractivity contribution in [1.29, 1.82) is 0 Å². The molecule has 0 saturated carbocycles. The molecule has 0 bridgehead atoms.